The number of aromatic hydroxyl groups is 2. The van der Waals surface area contributed by atoms with Crippen LogP contribution in [0.3, 0.4) is 0 Å². The van der Waals surface area contributed by atoms with Crippen LogP contribution in [0.15, 0.2) is 30.3 Å². The summed E-state index contributed by atoms with van der Waals surface area (Å²) >= 11 is 12.6. The fourth-order valence-corrected chi connectivity index (χ4v) is 12.8. The van der Waals surface area contributed by atoms with E-state index in [0.29, 0.717) is 39.9 Å². The average Bonchev–Trinajstić information content (AvgIpc) is 3.46. The third-order valence-corrected chi connectivity index (χ3v) is 15.7. The summed E-state index contributed by atoms with van der Waals surface area (Å²) < 4.78 is 0. The van der Waals surface area contributed by atoms with E-state index in [4.69, 9.17) is 23.2 Å². The van der Waals surface area contributed by atoms with Crippen LogP contribution < -0.4 is 6.15 Å². The Labute approximate surface area is 332 Å². The van der Waals surface area contributed by atoms with Gasteiger partial charge in [0.1, 0.15) is 22.6 Å². The molecule has 0 amide bonds. The summed E-state index contributed by atoms with van der Waals surface area (Å²) in [6.45, 7) is 12.6. The number of halogens is 2. The van der Waals surface area contributed by atoms with Crippen LogP contribution in [-0.2, 0) is 0 Å². The Hall–Kier alpha value is -2.74. The van der Waals surface area contributed by atoms with Gasteiger partial charge in [0, 0.05) is 0 Å². The Balaban J connectivity index is 0.00000561. The number of phenols is 2. The highest BCUT2D eigenvalue weighted by atomic mass is 35.5. The van der Waals surface area contributed by atoms with Crippen molar-refractivity contribution >= 4 is 40.7 Å². The molecule has 9 heteroatoms. The molecule has 7 N–H and O–H groups in total. The molecule has 9 atom stereocenters. The monoisotopic (exact) mass is 783 g/mol. The van der Waals surface area contributed by atoms with Gasteiger partial charge in [0.15, 0.2) is 0 Å². The summed E-state index contributed by atoms with van der Waals surface area (Å²) in [5.41, 5.74) is 1.58. The first-order valence-corrected chi connectivity index (χ1v) is 21.0. The summed E-state index contributed by atoms with van der Waals surface area (Å²) in [5, 5.41) is 40.0. The minimum absolute atomic E-state index is 0. The van der Waals surface area contributed by atoms with Crippen LogP contribution >= 0.6 is 23.2 Å². The molecule has 2 aromatic rings. The summed E-state index contributed by atoms with van der Waals surface area (Å²) in [4.78, 5) is 23.9. The van der Waals surface area contributed by atoms with Gasteiger partial charge in [0.25, 0.3) is 0 Å². The number of aromatic carboxylic acids is 2. The highest BCUT2D eigenvalue weighted by Gasteiger charge is 2.60. The van der Waals surface area contributed by atoms with E-state index < -0.39 is 23.4 Å². The third-order valence-electron chi connectivity index (χ3n) is 15.1. The molecule has 6 rings (SSSR count). The van der Waals surface area contributed by atoms with Gasteiger partial charge < -0.3 is 26.6 Å². The first kappa shape index (κ1) is 42.4. The third kappa shape index (κ3) is 8.07. The van der Waals surface area contributed by atoms with Crippen molar-refractivity contribution in [3.63, 3.8) is 0 Å². The normalized spacial score (nSPS) is 30.7. The predicted molar refractivity (Wildman–Crippen MR) is 218 cm³/mol. The van der Waals surface area contributed by atoms with Crippen molar-refractivity contribution in [2.24, 2.45) is 58.2 Å². The van der Waals surface area contributed by atoms with Gasteiger partial charge in [-0.05, 0) is 170 Å². The quantitative estimate of drug-likeness (QED) is 0.144. The van der Waals surface area contributed by atoms with Crippen molar-refractivity contribution in [3.8, 4) is 11.5 Å². The van der Waals surface area contributed by atoms with Crippen LogP contribution in [0.4, 0.5) is 0 Å². The smallest absolute Gasteiger partial charge is 0.339 e. The lowest BCUT2D eigenvalue weighted by Crippen LogP contribution is -2.53. The van der Waals surface area contributed by atoms with Gasteiger partial charge in [-0.25, -0.2) is 9.59 Å². The standard InChI is InChI=1S/C45H60Cl2O6.H3N/c1-25(2)8-6-9-26(3)35-14-15-36-32-13-12-30-20-27(16-18-44(30,4)37(32)17-19-45(35,36)5)10-7-11-31(28-21-33(42(50)51)40(48)38(46)23-28)29-22-34(43(52)53)41(49)39(47)24-29;/h11,21-27,30,32,35-37,48-49H,6-10,12-20H2,1-5H3,(H,50,51)(H,52,53);1H3/t26-,27+,30?,32?,35?,36?,37?,44+,45-;/m1./s1. The molecular weight excluding hydrogens is 721 g/mol. The van der Waals surface area contributed by atoms with Gasteiger partial charge in [0.05, 0.1) is 10.0 Å². The molecule has 0 spiro atoms. The molecule has 4 aliphatic carbocycles. The van der Waals surface area contributed by atoms with E-state index in [9.17, 15) is 30.0 Å². The molecule has 0 heterocycles. The molecule has 54 heavy (non-hydrogen) atoms. The van der Waals surface area contributed by atoms with Crippen LogP contribution in [0.25, 0.3) is 5.57 Å². The minimum Gasteiger partial charge on any atom is -0.505 e. The van der Waals surface area contributed by atoms with Crippen LogP contribution in [0.2, 0.25) is 10.0 Å². The fraction of sp³-hybridized carbons (Fsp3) is 0.644. The Morgan fingerprint density at radius 3 is 1.94 bits per heavy atom. The molecule has 0 radical (unpaired) electrons. The topological polar surface area (TPSA) is 150 Å². The predicted octanol–water partition coefficient (Wildman–Crippen LogP) is 12.9. The van der Waals surface area contributed by atoms with Crippen molar-refractivity contribution in [1.82, 2.24) is 6.15 Å². The van der Waals surface area contributed by atoms with E-state index in [1.807, 2.05) is 6.08 Å². The second-order valence-electron chi connectivity index (χ2n) is 18.3. The molecule has 2 aromatic carbocycles. The lowest BCUT2D eigenvalue weighted by molar-refractivity contribution is -0.121. The van der Waals surface area contributed by atoms with E-state index in [-0.39, 0.29) is 27.3 Å². The van der Waals surface area contributed by atoms with E-state index >= 15 is 0 Å². The average molecular weight is 785 g/mol. The van der Waals surface area contributed by atoms with Gasteiger partial charge in [-0.2, -0.15) is 0 Å². The van der Waals surface area contributed by atoms with Crippen LogP contribution in [0, 0.1) is 58.2 Å². The van der Waals surface area contributed by atoms with Crippen molar-refractivity contribution in [3.05, 3.63) is 62.6 Å². The molecule has 298 valence electrons. The maximum Gasteiger partial charge on any atom is 0.339 e. The highest BCUT2D eigenvalue weighted by Crippen LogP contribution is 2.69. The molecule has 4 fully saturated rings. The SMILES string of the molecule is CC(C)CCC[C@@H](C)C1CCC2C3CCC4C[C@@H](CCC=C(c5cc(Cl)c(O)c(C(=O)O)c5)c5cc(Cl)c(O)c(C(=O)O)c5)CC[C@]4(C)C3CC[C@@]21C.N. The number of allylic oxidation sites excluding steroid dienone is 1. The highest BCUT2D eigenvalue weighted by molar-refractivity contribution is 6.33. The molecule has 7 nitrogen and oxygen atoms in total. The summed E-state index contributed by atoms with van der Waals surface area (Å²) in [7, 11) is 0. The number of hydrogen-bond donors (Lipinski definition) is 5. The number of fused-ring (bicyclic) bond motifs is 5. The number of carbonyl (C=O) groups is 2. The maximum atomic E-state index is 12.0. The second kappa shape index (κ2) is 16.8. The van der Waals surface area contributed by atoms with Crippen molar-refractivity contribution in [2.75, 3.05) is 0 Å². The first-order valence-electron chi connectivity index (χ1n) is 20.3. The van der Waals surface area contributed by atoms with Crippen LogP contribution in [-0.4, -0.2) is 32.4 Å². The molecule has 0 saturated heterocycles. The number of rotatable bonds is 12. The first-order chi connectivity index (χ1) is 25.0. The number of hydrogen-bond acceptors (Lipinski definition) is 5. The summed E-state index contributed by atoms with van der Waals surface area (Å²) in [5.74, 6) is 2.64. The molecule has 0 bridgehead atoms. The number of carboxylic acids is 2. The Bertz CT molecular complexity index is 1670. The van der Waals surface area contributed by atoms with Crippen LogP contribution in [0.1, 0.15) is 156 Å². The van der Waals surface area contributed by atoms with Gasteiger partial charge in [-0.1, -0.05) is 83.2 Å². The zero-order valence-electron chi connectivity index (χ0n) is 33.0. The Kier molecular flexibility index (Phi) is 13.2. The van der Waals surface area contributed by atoms with Gasteiger partial charge in [-0.3, -0.25) is 0 Å². The summed E-state index contributed by atoms with van der Waals surface area (Å²) in [6.07, 6.45) is 19.8. The number of benzene rings is 2. The van der Waals surface area contributed by atoms with E-state index in [2.05, 4.69) is 34.6 Å². The van der Waals surface area contributed by atoms with Gasteiger partial charge >= 0.3 is 11.9 Å². The molecule has 5 unspecified atom stereocenters. The largest absolute Gasteiger partial charge is 0.505 e. The van der Waals surface area contributed by atoms with E-state index in [1.165, 1.54) is 101 Å². The Morgan fingerprint density at radius 2 is 1.37 bits per heavy atom. The lowest BCUT2D eigenvalue weighted by atomic mass is 9.44. The zero-order valence-corrected chi connectivity index (χ0v) is 34.5. The minimum atomic E-state index is -1.33. The van der Waals surface area contributed by atoms with Crippen molar-refractivity contribution < 1.29 is 30.0 Å². The van der Waals surface area contributed by atoms with Crippen molar-refractivity contribution in [2.45, 2.75) is 125 Å². The number of carboxylic acid groups (broad SMARTS) is 2. The molecule has 0 aliphatic heterocycles. The molecule has 4 saturated carbocycles. The molecule has 4 aliphatic rings. The zero-order chi connectivity index (χ0) is 38.4. The van der Waals surface area contributed by atoms with E-state index in [0.717, 1.165) is 47.8 Å². The van der Waals surface area contributed by atoms with Gasteiger partial charge in [-0.15, -0.1) is 0 Å². The van der Waals surface area contributed by atoms with Gasteiger partial charge in [0.2, 0.25) is 0 Å². The van der Waals surface area contributed by atoms with Crippen LogP contribution in [0.5, 0.6) is 11.5 Å². The lowest BCUT2D eigenvalue weighted by Gasteiger charge is -2.61. The molecule has 0 aromatic heterocycles. The Morgan fingerprint density at radius 1 is 0.796 bits per heavy atom. The maximum absolute atomic E-state index is 12.0. The van der Waals surface area contributed by atoms with Crippen molar-refractivity contribution in [1.29, 1.82) is 0 Å². The van der Waals surface area contributed by atoms with E-state index in [1.54, 1.807) is 0 Å². The summed E-state index contributed by atoms with van der Waals surface area (Å²) in [6, 6.07) is 5.65. The molecular formula is C45H63Cl2NO6. The second-order valence-corrected chi connectivity index (χ2v) is 19.2. The fourth-order valence-electron chi connectivity index (χ4n) is 12.3.